The molecule has 5 heterocycles. The van der Waals surface area contributed by atoms with Gasteiger partial charge in [-0.2, -0.15) is 0 Å². The number of benzene rings is 1. The molecule has 1 aromatic heterocycles. The predicted octanol–water partition coefficient (Wildman–Crippen LogP) is 3.60. The van der Waals surface area contributed by atoms with Crippen molar-refractivity contribution in [3.05, 3.63) is 42.0 Å². The topological polar surface area (TPSA) is 60.2 Å². The Labute approximate surface area is 199 Å². The van der Waals surface area contributed by atoms with Crippen LogP contribution >= 0.6 is 0 Å². The average Bonchev–Trinajstić information content (AvgIpc) is 3.45. The molecule has 7 rings (SSSR count). The molecule has 2 aromatic rings. The van der Waals surface area contributed by atoms with Crippen LogP contribution in [0, 0.1) is 11.2 Å². The summed E-state index contributed by atoms with van der Waals surface area (Å²) in [5.41, 5.74) is 1.35. The first-order valence-corrected chi connectivity index (χ1v) is 12.7. The van der Waals surface area contributed by atoms with Crippen LogP contribution in [0.25, 0.3) is 0 Å². The average molecular weight is 470 g/mol. The number of nitrogens with zero attached hydrogens (tertiary/aromatic N) is 3. The Bertz CT molecular complexity index is 1020. The van der Waals surface area contributed by atoms with Gasteiger partial charge < -0.3 is 23.5 Å². The van der Waals surface area contributed by atoms with Gasteiger partial charge in [-0.05, 0) is 69.3 Å². The van der Waals surface area contributed by atoms with E-state index in [1.165, 1.54) is 6.07 Å². The molecule has 5 aliphatic rings. The van der Waals surface area contributed by atoms with E-state index in [4.69, 9.17) is 18.6 Å². The molecule has 0 bridgehead atoms. The third-order valence-corrected chi connectivity index (χ3v) is 8.73. The number of halogens is 1. The van der Waals surface area contributed by atoms with Crippen LogP contribution in [-0.4, -0.2) is 73.6 Å². The SMILES string of the molecule is Fc1ccc(OC2CC3(COC3)C2)c(C2CCN(C3COC4(C3)CN(c3ncco3)C4)CC2)c1. The van der Waals surface area contributed by atoms with Crippen LogP contribution in [0.5, 0.6) is 5.75 Å². The maximum absolute atomic E-state index is 14.2. The zero-order valence-corrected chi connectivity index (χ0v) is 19.5. The van der Waals surface area contributed by atoms with Crippen molar-refractivity contribution in [1.29, 1.82) is 0 Å². The second-order valence-electron chi connectivity index (χ2n) is 11.2. The molecule has 1 unspecified atom stereocenters. The Morgan fingerprint density at radius 3 is 2.62 bits per heavy atom. The monoisotopic (exact) mass is 469 g/mol. The number of rotatable bonds is 5. The Morgan fingerprint density at radius 1 is 1.09 bits per heavy atom. The lowest BCUT2D eigenvalue weighted by Crippen LogP contribution is -2.62. The Morgan fingerprint density at radius 2 is 1.91 bits per heavy atom. The normalized spacial score (nSPS) is 28.6. The molecule has 0 radical (unpaired) electrons. The Balaban J connectivity index is 0.950. The lowest BCUT2D eigenvalue weighted by atomic mass is 9.65. The number of oxazole rings is 1. The molecule has 0 amide bonds. The molecule has 4 aliphatic heterocycles. The van der Waals surface area contributed by atoms with Gasteiger partial charge in [0.1, 0.15) is 29.5 Å². The molecular weight excluding hydrogens is 437 g/mol. The molecule has 1 aliphatic carbocycles. The molecule has 182 valence electrons. The number of anilines is 1. The van der Waals surface area contributed by atoms with Crippen molar-refractivity contribution in [1.82, 2.24) is 9.88 Å². The summed E-state index contributed by atoms with van der Waals surface area (Å²) in [6.45, 7) is 6.23. The number of hydrogen-bond donors (Lipinski definition) is 0. The van der Waals surface area contributed by atoms with Gasteiger partial charge in [0, 0.05) is 17.0 Å². The molecule has 4 saturated heterocycles. The summed E-state index contributed by atoms with van der Waals surface area (Å²) in [5.74, 6) is 1.04. The summed E-state index contributed by atoms with van der Waals surface area (Å²) in [4.78, 5) is 8.96. The van der Waals surface area contributed by atoms with Crippen molar-refractivity contribution in [2.75, 3.05) is 50.9 Å². The molecule has 1 aromatic carbocycles. The van der Waals surface area contributed by atoms with Gasteiger partial charge in [-0.3, -0.25) is 4.90 Å². The minimum absolute atomic E-state index is 0.0643. The smallest absolute Gasteiger partial charge is 0.297 e. The minimum atomic E-state index is -0.172. The summed E-state index contributed by atoms with van der Waals surface area (Å²) < 4.78 is 37.6. The van der Waals surface area contributed by atoms with Gasteiger partial charge in [-0.25, -0.2) is 9.37 Å². The largest absolute Gasteiger partial charge is 0.490 e. The van der Waals surface area contributed by atoms with Crippen LogP contribution in [0.2, 0.25) is 0 Å². The molecule has 1 atom stereocenters. The van der Waals surface area contributed by atoms with Crippen molar-refractivity contribution < 1.29 is 23.0 Å². The summed E-state index contributed by atoms with van der Waals surface area (Å²) >= 11 is 0. The van der Waals surface area contributed by atoms with Gasteiger partial charge in [-0.15, -0.1) is 0 Å². The lowest BCUT2D eigenvalue weighted by molar-refractivity contribution is -0.191. The van der Waals surface area contributed by atoms with Crippen molar-refractivity contribution in [3.63, 3.8) is 0 Å². The highest BCUT2D eigenvalue weighted by Gasteiger charge is 2.53. The van der Waals surface area contributed by atoms with Crippen LogP contribution in [0.1, 0.15) is 43.6 Å². The second kappa shape index (κ2) is 7.93. The Hall–Kier alpha value is -2.16. The third kappa shape index (κ3) is 3.62. The van der Waals surface area contributed by atoms with Gasteiger partial charge in [0.2, 0.25) is 0 Å². The zero-order chi connectivity index (χ0) is 22.8. The van der Waals surface area contributed by atoms with Gasteiger partial charge in [0.25, 0.3) is 6.01 Å². The molecule has 8 heteroatoms. The van der Waals surface area contributed by atoms with Crippen molar-refractivity contribution in [3.8, 4) is 5.75 Å². The van der Waals surface area contributed by atoms with E-state index < -0.39 is 0 Å². The molecule has 1 saturated carbocycles. The first-order chi connectivity index (χ1) is 16.6. The van der Waals surface area contributed by atoms with E-state index in [1.807, 2.05) is 6.07 Å². The van der Waals surface area contributed by atoms with Crippen molar-refractivity contribution in [2.24, 2.45) is 5.41 Å². The molecule has 5 fully saturated rings. The fourth-order valence-electron chi connectivity index (χ4n) is 6.75. The molecule has 0 N–H and O–H groups in total. The van der Waals surface area contributed by atoms with E-state index in [0.717, 1.165) is 89.4 Å². The minimum Gasteiger partial charge on any atom is -0.490 e. The van der Waals surface area contributed by atoms with E-state index in [-0.39, 0.29) is 17.5 Å². The summed E-state index contributed by atoms with van der Waals surface area (Å²) in [5, 5.41) is 0. The fourth-order valence-corrected chi connectivity index (χ4v) is 6.75. The summed E-state index contributed by atoms with van der Waals surface area (Å²) in [6.07, 6.45) is 8.74. The van der Waals surface area contributed by atoms with Crippen molar-refractivity contribution >= 4 is 6.01 Å². The van der Waals surface area contributed by atoms with E-state index in [9.17, 15) is 4.39 Å². The van der Waals surface area contributed by atoms with E-state index >= 15 is 0 Å². The molecular formula is C26H32FN3O4. The highest BCUT2D eigenvalue weighted by molar-refractivity contribution is 5.38. The van der Waals surface area contributed by atoms with E-state index in [0.29, 0.717) is 23.4 Å². The van der Waals surface area contributed by atoms with Crippen LogP contribution < -0.4 is 9.64 Å². The van der Waals surface area contributed by atoms with E-state index in [2.05, 4.69) is 14.8 Å². The van der Waals surface area contributed by atoms with Crippen molar-refractivity contribution in [2.45, 2.75) is 55.8 Å². The van der Waals surface area contributed by atoms with Crippen LogP contribution in [-0.2, 0) is 9.47 Å². The fraction of sp³-hybridized carbons (Fsp3) is 0.654. The quantitative estimate of drug-likeness (QED) is 0.663. The van der Waals surface area contributed by atoms with Gasteiger partial charge >= 0.3 is 0 Å². The first kappa shape index (κ1) is 21.1. The number of likely N-dealkylation sites (tertiary alicyclic amines) is 1. The second-order valence-corrected chi connectivity index (χ2v) is 11.2. The standard InChI is InChI=1S/C26H32FN3O4/c27-19-1-2-23(34-21-11-25(12-21)16-31-17-25)22(9-19)18-3-6-29(7-4-18)20-10-26(33-13-20)14-30(15-26)24-28-5-8-32-24/h1-2,5,8-9,18,20-21H,3-4,6-7,10-17H2. The number of piperidine rings is 1. The first-order valence-electron chi connectivity index (χ1n) is 12.7. The van der Waals surface area contributed by atoms with Gasteiger partial charge in [-0.1, -0.05) is 0 Å². The summed E-state index contributed by atoms with van der Waals surface area (Å²) in [6, 6.07) is 6.21. The molecule has 7 nitrogen and oxygen atoms in total. The van der Waals surface area contributed by atoms with Gasteiger partial charge in [0.15, 0.2) is 0 Å². The zero-order valence-electron chi connectivity index (χ0n) is 19.5. The maximum atomic E-state index is 14.2. The Kier molecular flexibility index (Phi) is 4.93. The molecule has 34 heavy (non-hydrogen) atoms. The van der Waals surface area contributed by atoms with Crippen LogP contribution in [0.3, 0.4) is 0 Å². The highest BCUT2D eigenvalue weighted by atomic mass is 19.1. The predicted molar refractivity (Wildman–Crippen MR) is 123 cm³/mol. The highest BCUT2D eigenvalue weighted by Crippen LogP contribution is 2.49. The number of hydrogen-bond acceptors (Lipinski definition) is 7. The van der Waals surface area contributed by atoms with Crippen LogP contribution in [0.15, 0.2) is 35.1 Å². The summed E-state index contributed by atoms with van der Waals surface area (Å²) in [7, 11) is 0. The molecule has 2 spiro atoms. The van der Waals surface area contributed by atoms with E-state index in [1.54, 1.807) is 18.5 Å². The number of aromatic nitrogens is 1. The van der Waals surface area contributed by atoms with Gasteiger partial charge in [0.05, 0.1) is 39.1 Å². The maximum Gasteiger partial charge on any atom is 0.297 e. The van der Waals surface area contributed by atoms with Crippen LogP contribution in [0.4, 0.5) is 10.4 Å². The lowest BCUT2D eigenvalue weighted by Gasteiger charge is -2.52. The number of ether oxygens (including phenoxy) is 3. The third-order valence-electron chi connectivity index (χ3n) is 8.73.